The van der Waals surface area contributed by atoms with Gasteiger partial charge in [-0.05, 0) is 18.6 Å². The fraction of sp³-hybridized carbons (Fsp3) is 0.500. The maximum absolute atomic E-state index is 11.9. The van der Waals surface area contributed by atoms with Crippen molar-refractivity contribution < 1.29 is 22.5 Å². The number of hydrogen-bond acceptors (Lipinski definition) is 5. The van der Waals surface area contributed by atoms with Crippen molar-refractivity contribution in [2.45, 2.75) is 17.1 Å². The molecular weight excluding hydrogens is 310 g/mol. The number of thiophene rings is 1. The molecule has 2 N–H and O–H groups in total. The maximum atomic E-state index is 11.9. The number of aliphatic carboxylic acids is 1. The van der Waals surface area contributed by atoms with E-state index < -0.39 is 26.8 Å². The lowest BCUT2D eigenvalue weighted by molar-refractivity contribution is -0.136. The molecule has 0 aliphatic heterocycles. The minimum atomic E-state index is -3.60. The molecule has 0 saturated carbocycles. The van der Waals surface area contributed by atoms with Crippen LogP contribution in [0.1, 0.15) is 11.3 Å². The molecule has 0 fully saturated rings. The van der Waals surface area contributed by atoms with E-state index in [0.29, 0.717) is 17.1 Å². The molecule has 1 atom stereocenters. The molecule has 0 aromatic carbocycles. The van der Waals surface area contributed by atoms with E-state index >= 15 is 0 Å². The number of sulfonamides is 1. The van der Waals surface area contributed by atoms with E-state index in [1.807, 2.05) is 0 Å². The first kappa shape index (κ1) is 16.3. The SMILES string of the molecule is CS(=O)CCCNS(=O)(=O)c1ccc(CC(=O)O)s1. The summed E-state index contributed by atoms with van der Waals surface area (Å²) in [7, 11) is -4.53. The van der Waals surface area contributed by atoms with E-state index in [1.165, 1.54) is 12.1 Å². The second kappa shape index (κ2) is 7.13. The summed E-state index contributed by atoms with van der Waals surface area (Å²) >= 11 is 0.941. The van der Waals surface area contributed by atoms with Crippen LogP contribution in [0.3, 0.4) is 0 Å². The first-order valence-corrected chi connectivity index (χ1v) is 9.44. The normalized spacial score (nSPS) is 13.3. The summed E-state index contributed by atoms with van der Waals surface area (Å²) < 4.78 is 37.0. The molecule has 0 saturated heterocycles. The van der Waals surface area contributed by atoms with Crippen molar-refractivity contribution in [2.24, 2.45) is 0 Å². The highest BCUT2D eigenvalue weighted by atomic mass is 32.2. The Balaban J connectivity index is 2.59. The monoisotopic (exact) mass is 325 g/mol. The summed E-state index contributed by atoms with van der Waals surface area (Å²) in [6, 6.07) is 2.89. The van der Waals surface area contributed by atoms with E-state index in [1.54, 1.807) is 6.26 Å². The number of hydrogen-bond donors (Lipinski definition) is 2. The number of carbonyl (C=O) groups is 1. The van der Waals surface area contributed by atoms with Crippen molar-refractivity contribution in [1.82, 2.24) is 4.72 Å². The molecule has 0 aliphatic rings. The van der Waals surface area contributed by atoms with Crippen LogP contribution in [0.4, 0.5) is 0 Å². The first-order chi connectivity index (χ1) is 8.81. The summed E-state index contributed by atoms with van der Waals surface area (Å²) in [5.41, 5.74) is 0. The third-order valence-electron chi connectivity index (χ3n) is 2.13. The van der Waals surface area contributed by atoms with Crippen LogP contribution >= 0.6 is 11.3 Å². The van der Waals surface area contributed by atoms with E-state index in [2.05, 4.69) is 4.72 Å². The van der Waals surface area contributed by atoms with Crippen LogP contribution in [-0.2, 0) is 32.0 Å². The van der Waals surface area contributed by atoms with E-state index in [9.17, 15) is 17.4 Å². The van der Waals surface area contributed by atoms with Crippen LogP contribution in [0, 0.1) is 0 Å². The van der Waals surface area contributed by atoms with Crippen molar-refractivity contribution in [2.75, 3.05) is 18.6 Å². The fourth-order valence-electron chi connectivity index (χ4n) is 1.30. The lowest BCUT2D eigenvalue weighted by Crippen LogP contribution is -2.24. The number of rotatable bonds is 8. The van der Waals surface area contributed by atoms with Crippen molar-refractivity contribution in [3.8, 4) is 0 Å². The Hall–Kier alpha value is -0.770. The molecule has 0 bridgehead atoms. The van der Waals surface area contributed by atoms with Gasteiger partial charge in [-0.1, -0.05) is 0 Å². The third-order valence-corrected chi connectivity index (χ3v) is 6.03. The van der Waals surface area contributed by atoms with Gasteiger partial charge in [0, 0.05) is 34.2 Å². The molecule has 19 heavy (non-hydrogen) atoms. The van der Waals surface area contributed by atoms with E-state index in [4.69, 9.17) is 5.11 Å². The largest absolute Gasteiger partial charge is 0.481 e. The number of nitrogens with one attached hydrogen (secondary N) is 1. The predicted molar refractivity (Wildman–Crippen MR) is 74.4 cm³/mol. The van der Waals surface area contributed by atoms with Crippen molar-refractivity contribution in [1.29, 1.82) is 0 Å². The maximum Gasteiger partial charge on any atom is 0.308 e. The quantitative estimate of drug-likeness (QED) is 0.675. The Morgan fingerprint density at radius 2 is 2.16 bits per heavy atom. The molecule has 0 radical (unpaired) electrons. The molecule has 1 rings (SSSR count). The summed E-state index contributed by atoms with van der Waals surface area (Å²) in [4.78, 5) is 11.0. The summed E-state index contributed by atoms with van der Waals surface area (Å²) in [6.45, 7) is 0.216. The average Bonchev–Trinajstić information content (AvgIpc) is 2.72. The number of carboxylic acids is 1. The van der Waals surface area contributed by atoms with Crippen LogP contribution in [0.15, 0.2) is 16.3 Å². The minimum Gasteiger partial charge on any atom is -0.481 e. The predicted octanol–water partition coefficient (Wildman–Crippen LogP) is 0.422. The summed E-state index contributed by atoms with van der Waals surface area (Å²) in [5, 5.41) is 8.62. The molecular formula is C10H15NO5S3. The Morgan fingerprint density at radius 1 is 1.47 bits per heavy atom. The molecule has 9 heteroatoms. The van der Waals surface area contributed by atoms with Gasteiger partial charge in [0.05, 0.1) is 6.42 Å². The minimum absolute atomic E-state index is 0.0985. The zero-order chi connectivity index (χ0) is 14.5. The molecule has 1 aromatic heterocycles. The fourth-order valence-corrected chi connectivity index (χ4v) is 4.32. The van der Waals surface area contributed by atoms with Crippen LogP contribution in [0.25, 0.3) is 0 Å². The van der Waals surface area contributed by atoms with Crippen molar-refractivity contribution in [3.05, 3.63) is 17.0 Å². The Bertz CT molecular complexity index is 563. The highest BCUT2D eigenvalue weighted by Gasteiger charge is 2.17. The zero-order valence-corrected chi connectivity index (χ0v) is 12.7. The molecule has 1 unspecified atom stereocenters. The second-order valence-corrected chi connectivity index (χ2v) is 8.54. The van der Waals surface area contributed by atoms with Crippen LogP contribution < -0.4 is 4.72 Å². The van der Waals surface area contributed by atoms with E-state index in [0.717, 1.165) is 11.3 Å². The Morgan fingerprint density at radius 3 is 2.74 bits per heavy atom. The van der Waals surface area contributed by atoms with Crippen LogP contribution in [0.5, 0.6) is 0 Å². The van der Waals surface area contributed by atoms with Gasteiger partial charge in [-0.3, -0.25) is 9.00 Å². The highest BCUT2D eigenvalue weighted by Crippen LogP contribution is 2.21. The van der Waals surface area contributed by atoms with Gasteiger partial charge in [0.15, 0.2) is 0 Å². The van der Waals surface area contributed by atoms with Gasteiger partial charge in [0.1, 0.15) is 4.21 Å². The molecule has 6 nitrogen and oxygen atoms in total. The van der Waals surface area contributed by atoms with Gasteiger partial charge < -0.3 is 5.11 Å². The lowest BCUT2D eigenvalue weighted by Gasteiger charge is -2.03. The Kier molecular flexibility index (Phi) is 6.11. The van der Waals surface area contributed by atoms with Gasteiger partial charge in [-0.2, -0.15) is 0 Å². The smallest absolute Gasteiger partial charge is 0.308 e. The summed E-state index contributed by atoms with van der Waals surface area (Å²) in [5.74, 6) is -0.554. The van der Waals surface area contributed by atoms with Gasteiger partial charge in [0.2, 0.25) is 10.0 Å². The molecule has 1 heterocycles. The Labute approximate surface area is 118 Å². The zero-order valence-electron chi connectivity index (χ0n) is 10.3. The first-order valence-electron chi connectivity index (χ1n) is 5.41. The topological polar surface area (TPSA) is 101 Å². The average molecular weight is 325 g/mol. The third kappa shape index (κ3) is 5.81. The molecule has 108 valence electrons. The van der Waals surface area contributed by atoms with Gasteiger partial charge in [-0.15, -0.1) is 11.3 Å². The molecule has 0 aliphatic carbocycles. The van der Waals surface area contributed by atoms with Gasteiger partial charge in [0.25, 0.3) is 0 Å². The van der Waals surface area contributed by atoms with E-state index in [-0.39, 0.29) is 17.2 Å². The number of carboxylic acid groups (broad SMARTS) is 1. The second-order valence-electron chi connectivity index (χ2n) is 3.82. The van der Waals surface area contributed by atoms with Crippen molar-refractivity contribution >= 4 is 38.1 Å². The highest BCUT2D eigenvalue weighted by molar-refractivity contribution is 7.91. The standard InChI is InChI=1S/C10H15NO5S3/c1-18(14)6-2-5-11-19(15,16)10-4-3-8(17-10)7-9(12)13/h3-4,11H,2,5-7H2,1H3,(H,12,13). The molecule has 0 spiro atoms. The van der Waals surface area contributed by atoms with Crippen LogP contribution in [0.2, 0.25) is 0 Å². The molecule has 0 amide bonds. The molecule has 1 aromatic rings. The van der Waals surface area contributed by atoms with Crippen molar-refractivity contribution in [3.63, 3.8) is 0 Å². The lowest BCUT2D eigenvalue weighted by atomic mass is 10.3. The van der Waals surface area contributed by atoms with Gasteiger partial charge in [-0.25, -0.2) is 13.1 Å². The summed E-state index contributed by atoms with van der Waals surface area (Å²) in [6.07, 6.45) is 1.87. The van der Waals surface area contributed by atoms with Crippen LogP contribution in [-0.4, -0.2) is 42.3 Å². The van der Waals surface area contributed by atoms with Gasteiger partial charge >= 0.3 is 5.97 Å².